The van der Waals surface area contributed by atoms with Gasteiger partial charge in [-0.1, -0.05) is 29.3 Å². The Kier molecular flexibility index (Phi) is 7.40. The molecule has 0 unspecified atom stereocenters. The van der Waals surface area contributed by atoms with E-state index in [9.17, 15) is 9.59 Å². The van der Waals surface area contributed by atoms with Crippen molar-refractivity contribution in [3.8, 4) is 11.5 Å². The van der Waals surface area contributed by atoms with Gasteiger partial charge in [0, 0.05) is 10.6 Å². The molecule has 0 atom stereocenters. The standard InChI is InChI=1S/C24H21ClN2O4/c1-3-30-22-14-17(15-26-27-23(28)18-7-4-16(2)5-8-18)6-13-21(22)31-24(29)19-9-11-20(25)12-10-19/h4-15H,3H2,1-2H3,(H,27,28). The number of carbonyl (C=O) groups excluding carboxylic acids is 2. The topological polar surface area (TPSA) is 77.0 Å². The lowest BCUT2D eigenvalue weighted by molar-refractivity contribution is 0.0728. The number of halogens is 1. The molecule has 0 bridgehead atoms. The van der Waals surface area contributed by atoms with E-state index in [1.165, 1.54) is 6.21 Å². The molecule has 158 valence electrons. The molecule has 0 aliphatic rings. The van der Waals surface area contributed by atoms with Gasteiger partial charge >= 0.3 is 5.97 Å². The maximum absolute atomic E-state index is 12.4. The van der Waals surface area contributed by atoms with Gasteiger partial charge in [0.05, 0.1) is 18.4 Å². The Morgan fingerprint density at radius 3 is 2.32 bits per heavy atom. The van der Waals surface area contributed by atoms with Crippen molar-refractivity contribution in [3.63, 3.8) is 0 Å². The molecule has 0 saturated carbocycles. The van der Waals surface area contributed by atoms with Gasteiger partial charge < -0.3 is 9.47 Å². The first-order valence-corrected chi connectivity index (χ1v) is 9.98. The Bertz CT molecular complexity index is 1090. The molecule has 3 rings (SSSR count). The second kappa shape index (κ2) is 10.4. The van der Waals surface area contributed by atoms with Crippen molar-refractivity contribution in [2.24, 2.45) is 5.10 Å². The summed E-state index contributed by atoms with van der Waals surface area (Å²) >= 11 is 5.85. The lowest BCUT2D eigenvalue weighted by Crippen LogP contribution is -2.17. The van der Waals surface area contributed by atoms with E-state index in [0.717, 1.165) is 5.56 Å². The second-order valence-electron chi connectivity index (χ2n) is 6.60. The molecular formula is C24H21ClN2O4. The number of nitrogens with one attached hydrogen (secondary N) is 1. The van der Waals surface area contributed by atoms with Gasteiger partial charge in [0.1, 0.15) is 0 Å². The zero-order valence-corrected chi connectivity index (χ0v) is 17.8. The number of hydrogen-bond acceptors (Lipinski definition) is 5. The molecule has 0 fully saturated rings. The highest BCUT2D eigenvalue weighted by atomic mass is 35.5. The molecule has 1 amide bonds. The van der Waals surface area contributed by atoms with Crippen molar-refractivity contribution in [3.05, 3.63) is 94.0 Å². The SMILES string of the molecule is CCOc1cc(C=NNC(=O)c2ccc(C)cc2)ccc1OC(=O)c1ccc(Cl)cc1. The zero-order valence-electron chi connectivity index (χ0n) is 17.1. The van der Waals surface area contributed by atoms with Gasteiger partial charge in [-0.25, -0.2) is 10.2 Å². The molecular weight excluding hydrogens is 416 g/mol. The Hall–Kier alpha value is -3.64. The van der Waals surface area contributed by atoms with Crippen LogP contribution in [-0.2, 0) is 0 Å². The molecule has 0 radical (unpaired) electrons. The van der Waals surface area contributed by atoms with Gasteiger partial charge in [-0.3, -0.25) is 4.79 Å². The van der Waals surface area contributed by atoms with Crippen LogP contribution in [0, 0.1) is 6.92 Å². The van der Waals surface area contributed by atoms with Crippen LogP contribution in [0.15, 0.2) is 71.8 Å². The number of amides is 1. The predicted molar refractivity (Wildman–Crippen MR) is 120 cm³/mol. The van der Waals surface area contributed by atoms with E-state index in [-0.39, 0.29) is 11.7 Å². The number of nitrogens with zero attached hydrogens (tertiary/aromatic N) is 1. The molecule has 0 spiro atoms. The van der Waals surface area contributed by atoms with Gasteiger partial charge in [0.25, 0.3) is 5.91 Å². The summed E-state index contributed by atoms with van der Waals surface area (Å²) < 4.78 is 11.1. The first-order valence-electron chi connectivity index (χ1n) is 9.61. The summed E-state index contributed by atoms with van der Waals surface area (Å²) in [6.07, 6.45) is 1.49. The fraction of sp³-hybridized carbons (Fsp3) is 0.125. The minimum Gasteiger partial charge on any atom is -0.490 e. The normalized spacial score (nSPS) is 10.7. The summed E-state index contributed by atoms with van der Waals surface area (Å²) in [4.78, 5) is 24.5. The summed E-state index contributed by atoms with van der Waals surface area (Å²) in [5, 5.41) is 4.52. The average molecular weight is 437 g/mol. The maximum Gasteiger partial charge on any atom is 0.343 e. The molecule has 7 heteroatoms. The first kappa shape index (κ1) is 22.1. The minimum absolute atomic E-state index is 0.280. The molecule has 0 heterocycles. The Morgan fingerprint density at radius 1 is 0.968 bits per heavy atom. The monoisotopic (exact) mass is 436 g/mol. The highest BCUT2D eigenvalue weighted by Gasteiger charge is 2.13. The predicted octanol–water partition coefficient (Wildman–Crippen LogP) is 5.03. The molecule has 0 aromatic heterocycles. The average Bonchev–Trinajstić information content (AvgIpc) is 2.76. The van der Waals surface area contributed by atoms with E-state index in [0.29, 0.717) is 34.1 Å². The van der Waals surface area contributed by atoms with E-state index in [1.807, 2.05) is 26.0 Å². The summed E-state index contributed by atoms with van der Waals surface area (Å²) in [7, 11) is 0. The summed E-state index contributed by atoms with van der Waals surface area (Å²) in [5.41, 5.74) is 5.11. The number of rotatable bonds is 7. The first-order chi connectivity index (χ1) is 15.0. The molecule has 0 aliphatic heterocycles. The number of benzene rings is 3. The molecule has 3 aromatic rings. The third kappa shape index (κ3) is 6.17. The van der Waals surface area contributed by atoms with Crippen LogP contribution in [0.3, 0.4) is 0 Å². The fourth-order valence-electron chi connectivity index (χ4n) is 2.64. The van der Waals surface area contributed by atoms with E-state index in [2.05, 4.69) is 10.5 Å². The van der Waals surface area contributed by atoms with Gasteiger partial charge in [0.15, 0.2) is 11.5 Å². The van der Waals surface area contributed by atoms with Crippen LogP contribution in [0.25, 0.3) is 0 Å². The van der Waals surface area contributed by atoms with Crippen molar-refractivity contribution >= 4 is 29.7 Å². The molecule has 1 N–H and O–H groups in total. The number of esters is 1. The van der Waals surface area contributed by atoms with Crippen molar-refractivity contribution in [2.75, 3.05) is 6.61 Å². The number of carbonyl (C=O) groups is 2. The highest BCUT2D eigenvalue weighted by Crippen LogP contribution is 2.29. The lowest BCUT2D eigenvalue weighted by Gasteiger charge is -2.11. The molecule has 3 aromatic carbocycles. The second-order valence-corrected chi connectivity index (χ2v) is 7.04. The lowest BCUT2D eigenvalue weighted by atomic mass is 10.1. The van der Waals surface area contributed by atoms with Crippen molar-refractivity contribution in [1.82, 2.24) is 5.43 Å². The van der Waals surface area contributed by atoms with Crippen molar-refractivity contribution in [2.45, 2.75) is 13.8 Å². The summed E-state index contributed by atoms with van der Waals surface area (Å²) in [6.45, 7) is 4.16. The Morgan fingerprint density at radius 2 is 1.65 bits per heavy atom. The summed E-state index contributed by atoms with van der Waals surface area (Å²) in [5.74, 6) is -0.166. The Labute approximate surface area is 185 Å². The zero-order chi connectivity index (χ0) is 22.2. The van der Waals surface area contributed by atoms with E-state index >= 15 is 0 Å². The van der Waals surface area contributed by atoms with E-state index in [1.54, 1.807) is 54.6 Å². The molecule has 0 aliphatic carbocycles. The number of hydrazone groups is 1. The molecule has 0 saturated heterocycles. The van der Waals surface area contributed by atoms with Crippen LogP contribution in [0.5, 0.6) is 11.5 Å². The highest BCUT2D eigenvalue weighted by molar-refractivity contribution is 6.30. The van der Waals surface area contributed by atoms with E-state index < -0.39 is 5.97 Å². The third-order valence-electron chi connectivity index (χ3n) is 4.24. The van der Waals surface area contributed by atoms with Crippen LogP contribution in [0.2, 0.25) is 5.02 Å². The van der Waals surface area contributed by atoms with Crippen LogP contribution >= 0.6 is 11.6 Å². The number of ether oxygens (including phenoxy) is 2. The maximum atomic E-state index is 12.4. The fourth-order valence-corrected chi connectivity index (χ4v) is 2.76. The Balaban J connectivity index is 1.69. The number of hydrogen-bond donors (Lipinski definition) is 1. The third-order valence-corrected chi connectivity index (χ3v) is 4.50. The van der Waals surface area contributed by atoms with Crippen LogP contribution in [-0.4, -0.2) is 24.7 Å². The van der Waals surface area contributed by atoms with Gasteiger partial charge in [-0.2, -0.15) is 5.10 Å². The van der Waals surface area contributed by atoms with Gasteiger partial charge in [-0.05, 0) is 74.0 Å². The van der Waals surface area contributed by atoms with Gasteiger partial charge in [0.2, 0.25) is 0 Å². The smallest absolute Gasteiger partial charge is 0.343 e. The summed E-state index contributed by atoms with van der Waals surface area (Å²) in [6, 6.07) is 18.6. The quantitative estimate of drug-likeness (QED) is 0.244. The van der Waals surface area contributed by atoms with E-state index in [4.69, 9.17) is 21.1 Å². The largest absolute Gasteiger partial charge is 0.490 e. The minimum atomic E-state index is -0.524. The molecule has 6 nitrogen and oxygen atoms in total. The van der Waals surface area contributed by atoms with Crippen LogP contribution in [0.4, 0.5) is 0 Å². The van der Waals surface area contributed by atoms with Crippen molar-refractivity contribution < 1.29 is 19.1 Å². The number of aryl methyl sites for hydroxylation is 1. The van der Waals surface area contributed by atoms with Crippen LogP contribution in [0.1, 0.15) is 38.8 Å². The van der Waals surface area contributed by atoms with Gasteiger partial charge in [-0.15, -0.1) is 0 Å². The van der Waals surface area contributed by atoms with Crippen molar-refractivity contribution in [1.29, 1.82) is 0 Å². The van der Waals surface area contributed by atoms with Crippen LogP contribution < -0.4 is 14.9 Å². The molecule has 31 heavy (non-hydrogen) atoms.